The average Bonchev–Trinajstić information content (AvgIpc) is 3.14. The van der Waals surface area contributed by atoms with E-state index in [0.29, 0.717) is 0 Å². The second kappa shape index (κ2) is 5.70. The predicted molar refractivity (Wildman–Crippen MR) is 66.6 cm³/mol. The lowest BCUT2D eigenvalue weighted by Gasteiger charge is -2.05. The van der Waals surface area contributed by atoms with E-state index in [0.717, 1.165) is 24.3 Å². The molecule has 1 aromatic rings. The zero-order chi connectivity index (χ0) is 12.1. The van der Waals surface area contributed by atoms with Crippen molar-refractivity contribution in [3.63, 3.8) is 0 Å². The topological polar surface area (TPSA) is 45.0 Å². The second-order valence-electron chi connectivity index (χ2n) is 4.48. The molecule has 17 heavy (non-hydrogen) atoms. The summed E-state index contributed by atoms with van der Waals surface area (Å²) in [6, 6.07) is 10.6. The summed E-state index contributed by atoms with van der Waals surface area (Å²) in [7, 11) is 0. The van der Waals surface area contributed by atoms with E-state index in [1.807, 2.05) is 30.3 Å². The Morgan fingerprint density at radius 3 is 2.76 bits per heavy atom. The van der Waals surface area contributed by atoms with Crippen molar-refractivity contribution in [3.05, 3.63) is 29.8 Å². The third kappa shape index (κ3) is 3.47. The van der Waals surface area contributed by atoms with Crippen molar-refractivity contribution < 1.29 is 4.74 Å². The minimum Gasteiger partial charge on any atom is -0.479 e. The van der Waals surface area contributed by atoms with Crippen LogP contribution in [0.2, 0.25) is 0 Å². The lowest BCUT2D eigenvalue weighted by molar-refractivity contribution is 0.368. The van der Waals surface area contributed by atoms with Crippen LogP contribution in [0.1, 0.15) is 25.3 Å². The smallest absolute Gasteiger partial charge is 0.174 e. The van der Waals surface area contributed by atoms with Gasteiger partial charge in [0.1, 0.15) is 11.8 Å². The van der Waals surface area contributed by atoms with Crippen LogP contribution in [0.5, 0.6) is 5.75 Å². The first kappa shape index (κ1) is 11.9. The van der Waals surface area contributed by atoms with Crippen molar-refractivity contribution >= 4 is 0 Å². The van der Waals surface area contributed by atoms with Gasteiger partial charge >= 0.3 is 0 Å². The van der Waals surface area contributed by atoms with E-state index in [2.05, 4.69) is 12.2 Å². The highest BCUT2D eigenvalue weighted by Crippen LogP contribution is 2.33. The first-order valence-electron chi connectivity index (χ1n) is 6.15. The van der Waals surface area contributed by atoms with Crippen molar-refractivity contribution in [1.82, 2.24) is 5.32 Å². The van der Waals surface area contributed by atoms with E-state index < -0.39 is 0 Å². The van der Waals surface area contributed by atoms with Gasteiger partial charge < -0.3 is 10.1 Å². The summed E-state index contributed by atoms with van der Waals surface area (Å²) >= 11 is 0. The van der Waals surface area contributed by atoms with E-state index in [1.54, 1.807) is 0 Å². The van der Waals surface area contributed by atoms with E-state index in [9.17, 15) is 0 Å². The molecule has 0 aliphatic heterocycles. The maximum atomic E-state index is 8.40. The van der Waals surface area contributed by atoms with Gasteiger partial charge in [-0.25, -0.2) is 0 Å². The molecule has 90 valence electrons. The predicted octanol–water partition coefficient (Wildman–Crippen LogP) is 2.48. The van der Waals surface area contributed by atoms with Crippen molar-refractivity contribution in [3.8, 4) is 11.8 Å². The summed E-state index contributed by atoms with van der Waals surface area (Å²) in [5.74, 6) is 1.64. The fourth-order valence-electron chi connectivity index (χ4n) is 2.02. The molecule has 1 aliphatic carbocycles. The molecule has 1 aromatic carbocycles. The molecule has 1 N–H and O–H groups in total. The van der Waals surface area contributed by atoms with Crippen LogP contribution in [0.15, 0.2) is 24.3 Å². The van der Waals surface area contributed by atoms with Crippen molar-refractivity contribution in [2.24, 2.45) is 5.92 Å². The number of hydrogen-bond donors (Lipinski definition) is 1. The molecule has 0 radical (unpaired) electrons. The molecular formula is C14H18N2O. The van der Waals surface area contributed by atoms with Crippen LogP contribution in [-0.4, -0.2) is 12.6 Å². The van der Waals surface area contributed by atoms with Gasteiger partial charge in [-0.3, -0.25) is 0 Å². The zero-order valence-electron chi connectivity index (χ0n) is 10.1. The molecule has 1 fully saturated rings. The van der Waals surface area contributed by atoms with Gasteiger partial charge in [0.2, 0.25) is 0 Å². The van der Waals surface area contributed by atoms with Crippen LogP contribution >= 0.6 is 0 Å². The fraction of sp³-hybridized carbons (Fsp3) is 0.500. The number of nitrogens with zero attached hydrogens (tertiary/aromatic N) is 1. The molecule has 0 spiro atoms. The van der Waals surface area contributed by atoms with Gasteiger partial charge in [0.05, 0.1) is 0 Å². The van der Waals surface area contributed by atoms with Crippen LogP contribution in [0.4, 0.5) is 0 Å². The van der Waals surface area contributed by atoms with Crippen LogP contribution in [0.25, 0.3) is 0 Å². The molecule has 3 nitrogen and oxygen atoms in total. The lowest BCUT2D eigenvalue weighted by Crippen LogP contribution is -2.17. The molecule has 2 rings (SSSR count). The van der Waals surface area contributed by atoms with Crippen LogP contribution in [-0.2, 0) is 6.54 Å². The van der Waals surface area contributed by atoms with Gasteiger partial charge in [0, 0.05) is 12.6 Å². The summed E-state index contributed by atoms with van der Waals surface area (Å²) in [6.07, 6.45) is 2.60. The van der Waals surface area contributed by atoms with E-state index in [4.69, 9.17) is 10.00 Å². The Kier molecular flexibility index (Phi) is 4.00. The quantitative estimate of drug-likeness (QED) is 0.816. The van der Waals surface area contributed by atoms with Crippen LogP contribution < -0.4 is 10.1 Å². The van der Waals surface area contributed by atoms with E-state index >= 15 is 0 Å². The first-order chi connectivity index (χ1) is 8.33. The van der Waals surface area contributed by atoms with Gasteiger partial charge in [0.25, 0.3) is 0 Å². The number of hydrogen-bond acceptors (Lipinski definition) is 3. The summed E-state index contributed by atoms with van der Waals surface area (Å²) in [6.45, 7) is 3.27. The average molecular weight is 230 g/mol. The summed E-state index contributed by atoms with van der Waals surface area (Å²) < 4.78 is 5.20. The van der Waals surface area contributed by atoms with Crippen molar-refractivity contribution in [2.45, 2.75) is 32.4 Å². The van der Waals surface area contributed by atoms with Crippen LogP contribution in [0.3, 0.4) is 0 Å². The van der Waals surface area contributed by atoms with Gasteiger partial charge in [0.15, 0.2) is 6.61 Å². The largest absolute Gasteiger partial charge is 0.479 e. The molecule has 1 saturated carbocycles. The lowest BCUT2D eigenvalue weighted by atomic mass is 10.2. The minimum absolute atomic E-state index is 0.109. The monoisotopic (exact) mass is 230 g/mol. The Hall–Kier alpha value is -1.53. The molecule has 3 heteroatoms. The highest BCUT2D eigenvalue weighted by Gasteiger charge is 2.34. The molecular weight excluding hydrogens is 212 g/mol. The van der Waals surface area contributed by atoms with Crippen LogP contribution in [0, 0.1) is 17.2 Å². The third-order valence-corrected chi connectivity index (χ3v) is 3.24. The normalized spacial score (nSPS) is 21.9. The van der Waals surface area contributed by atoms with Gasteiger partial charge in [-0.05, 0) is 30.0 Å². The number of ether oxygens (including phenoxy) is 1. The summed E-state index contributed by atoms with van der Waals surface area (Å²) in [5.41, 5.74) is 1.26. The number of nitrogens with one attached hydrogen (secondary N) is 1. The Balaban J connectivity index is 1.76. The molecule has 1 aliphatic rings. The Morgan fingerprint density at radius 2 is 2.18 bits per heavy atom. The Labute approximate surface area is 102 Å². The fourth-order valence-corrected chi connectivity index (χ4v) is 2.02. The number of benzene rings is 1. The molecule has 0 bridgehead atoms. The van der Waals surface area contributed by atoms with Crippen molar-refractivity contribution in [2.75, 3.05) is 6.61 Å². The highest BCUT2D eigenvalue weighted by molar-refractivity contribution is 5.27. The summed E-state index contributed by atoms with van der Waals surface area (Å²) in [5, 5.41) is 11.9. The SMILES string of the molecule is CCC1CC1NCc1ccc(OCC#N)cc1. The third-order valence-electron chi connectivity index (χ3n) is 3.24. The highest BCUT2D eigenvalue weighted by atomic mass is 16.5. The number of nitriles is 1. The molecule has 0 amide bonds. The standard InChI is InChI=1S/C14H18N2O/c1-2-12-9-14(12)16-10-11-3-5-13(6-4-11)17-8-7-15/h3-6,12,14,16H,2,8-10H2,1H3. The maximum absolute atomic E-state index is 8.40. The molecule has 0 saturated heterocycles. The Bertz CT molecular complexity index is 394. The number of rotatable bonds is 6. The van der Waals surface area contributed by atoms with Gasteiger partial charge in [-0.15, -0.1) is 0 Å². The molecule has 0 heterocycles. The van der Waals surface area contributed by atoms with Gasteiger partial charge in [-0.2, -0.15) is 5.26 Å². The van der Waals surface area contributed by atoms with Crippen molar-refractivity contribution in [1.29, 1.82) is 5.26 Å². The Morgan fingerprint density at radius 1 is 1.41 bits per heavy atom. The van der Waals surface area contributed by atoms with Gasteiger partial charge in [-0.1, -0.05) is 25.5 Å². The maximum Gasteiger partial charge on any atom is 0.174 e. The second-order valence-corrected chi connectivity index (χ2v) is 4.48. The summed E-state index contributed by atoms with van der Waals surface area (Å²) in [4.78, 5) is 0. The minimum atomic E-state index is 0.109. The molecule has 0 aromatic heterocycles. The zero-order valence-corrected chi connectivity index (χ0v) is 10.1. The van der Waals surface area contributed by atoms with E-state index in [-0.39, 0.29) is 6.61 Å². The van der Waals surface area contributed by atoms with E-state index in [1.165, 1.54) is 18.4 Å². The first-order valence-corrected chi connectivity index (χ1v) is 6.15. The molecule has 2 unspecified atom stereocenters. The molecule has 2 atom stereocenters.